The van der Waals surface area contributed by atoms with Gasteiger partial charge in [-0.05, 0) is 29.8 Å². The van der Waals surface area contributed by atoms with Crippen molar-refractivity contribution in [3.05, 3.63) is 53.9 Å². The van der Waals surface area contributed by atoms with Crippen molar-refractivity contribution in [1.29, 1.82) is 0 Å². The minimum absolute atomic E-state index is 0.452. The zero-order chi connectivity index (χ0) is 19.4. The molecule has 28 heavy (non-hydrogen) atoms. The number of rotatable bonds is 2. The molecule has 0 spiro atoms. The molecule has 2 heterocycles. The third-order valence-corrected chi connectivity index (χ3v) is 4.22. The predicted molar refractivity (Wildman–Crippen MR) is 106 cm³/mol. The fourth-order valence-electron chi connectivity index (χ4n) is 2.71. The molecule has 0 aliphatic carbocycles. The van der Waals surface area contributed by atoms with E-state index in [0.29, 0.717) is 64.4 Å². The van der Waals surface area contributed by atoms with Gasteiger partial charge >= 0.3 is 0 Å². The maximum atomic E-state index is 5.91. The molecular weight excluding hydrogens is 358 g/mol. The molecule has 1 aliphatic heterocycles. The van der Waals surface area contributed by atoms with E-state index < -0.39 is 0 Å². The summed E-state index contributed by atoms with van der Waals surface area (Å²) in [6, 6.07) is 12.0. The van der Waals surface area contributed by atoms with E-state index in [2.05, 4.69) is 22.8 Å². The number of ether oxygens (including phenoxy) is 5. The molecule has 1 aliphatic rings. The lowest BCUT2D eigenvalue weighted by Gasteiger charge is -2.13. The van der Waals surface area contributed by atoms with Gasteiger partial charge in [0.25, 0.3) is 0 Å². The normalized spacial score (nSPS) is 17.0. The fourth-order valence-corrected chi connectivity index (χ4v) is 2.71. The van der Waals surface area contributed by atoms with Crippen molar-refractivity contribution in [2.24, 2.45) is 7.05 Å². The van der Waals surface area contributed by atoms with Gasteiger partial charge in [-0.15, -0.1) is 0 Å². The van der Waals surface area contributed by atoms with Gasteiger partial charge in [-0.3, -0.25) is 0 Å². The summed E-state index contributed by atoms with van der Waals surface area (Å²) in [5.41, 5.74) is 2.15. The van der Waals surface area contributed by atoms with E-state index in [1.54, 1.807) is 0 Å². The Morgan fingerprint density at radius 1 is 0.714 bits per heavy atom. The number of aromatic nitrogens is 1. The van der Waals surface area contributed by atoms with E-state index in [-0.39, 0.29) is 0 Å². The second-order valence-corrected chi connectivity index (χ2v) is 6.31. The molecular formula is C22H28NO5+. The van der Waals surface area contributed by atoms with Crippen LogP contribution in [0, 0.1) is 0 Å². The van der Waals surface area contributed by atoms with E-state index in [4.69, 9.17) is 23.7 Å². The van der Waals surface area contributed by atoms with Crippen molar-refractivity contribution < 1.29 is 28.3 Å². The highest BCUT2D eigenvalue weighted by molar-refractivity contribution is 5.68. The van der Waals surface area contributed by atoms with E-state index in [1.807, 2.05) is 43.6 Å². The molecule has 150 valence electrons. The second kappa shape index (κ2) is 11.4. The van der Waals surface area contributed by atoms with Crippen LogP contribution in [0.3, 0.4) is 0 Å². The number of hydrogen-bond donors (Lipinski definition) is 0. The smallest absolute Gasteiger partial charge is 0.204 e. The molecule has 2 aromatic rings. The maximum absolute atomic E-state index is 5.91. The first-order valence-corrected chi connectivity index (χ1v) is 9.58. The largest absolute Gasteiger partial charge is 0.487 e. The zero-order valence-electron chi connectivity index (χ0n) is 16.3. The topological polar surface area (TPSA) is 50.0 Å². The highest BCUT2D eigenvalue weighted by Gasteiger charge is 2.08. The first-order chi connectivity index (χ1) is 13.8. The van der Waals surface area contributed by atoms with Crippen molar-refractivity contribution in [1.82, 2.24) is 0 Å². The summed E-state index contributed by atoms with van der Waals surface area (Å²) in [5, 5.41) is 0. The third kappa shape index (κ3) is 6.64. The number of pyridine rings is 1. The quantitative estimate of drug-likeness (QED) is 0.743. The van der Waals surface area contributed by atoms with Crippen LogP contribution in [-0.2, 0) is 21.3 Å². The summed E-state index contributed by atoms with van der Waals surface area (Å²) >= 11 is 0. The first-order valence-electron chi connectivity index (χ1n) is 9.58. The average Bonchev–Trinajstić information content (AvgIpc) is 2.72. The molecule has 0 atom stereocenters. The molecule has 3 rings (SSSR count). The van der Waals surface area contributed by atoms with Gasteiger partial charge < -0.3 is 23.7 Å². The predicted octanol–water partition coefficient (Wildman–Crippen LogP) is 2.50. The molecule has 1 aromatic carbocycles. The fraction of sp³-hybridized carbons (Fsp3) is 0.409. The van der Waals surface area contributed by atoms with Crippen molar-refractivity contribution in [2.45, 2.75) is 0 Å². The summed E-state index contributed by atoms with van der Waals surface area (Å²) in [5.74, 6) is 1.41. The van der Waals surface area contributed by atoms with Gasteiger partial charge in [0.2, 0.25) is 5.69 Å². The summed E-state index contributed by atoms with van der Waals surface area (Å²) in [6.07, 6.45) is 6.16. The van der Waals surface area contributed by atoms with Gasteiger partial charge in [-0.25, -0.2) is 4.57 Å². The van der Waals surface area contributed by atoms with E-state index in [1.165, 1.54) is 0 Å². The molecule has 0 radical (unpaired) electrons. The van der Waals surface area contributed by atoms with Crippen LogP contribution in [0.25, 0.3) is 12.2 Å². The van der Waals surface area contributed by atoms with Crippen LogP contribution in [0.1, 0.15) is 11.3 Å². The minimum Gasteiger partial charge on any atom is -0.487 e. The van der Waals surface area contributed by atoms with Crippen LogP contribution < -0.4 is 14.0 Å². The lowest BCUT2D eigenvalue weighted by Crippen LogP contribution is -2.30. The molecule has 1 aromatic heterocycles. The molecule has 6 nitrogen and oxygen atoms in total. The molecule has 0 unspecified atom stereocenters. The number of aryl methyl sites for hydroxylation is 1. The van der Waals surface area contributed by atoms with Crippen LogP contribution in [0.2, 0.25) is 0 Å². The lowest BCUT2D eigenvalue weighted by atomic mass is 10.1. The monoisotopic (exact) mass is 386 g/mol. The van der Waals surface area contributed by atoms with Crippen LogP contribution in [0.4, 0.5) is 0 Å². The Labute approximate surface area is 166 Å². The third-order valence-electron chi connectivity index (χ3n) is 4.22. The molecule has 0 saturated carbocycles. The molecule has 0 N–H and O–H groups in total. The van der Waals surface area contributed by atoms with Gasteiger partial charge in [0, 0.05) is 18.2 Å². The molecule has 0 bridgehead atoms. The summed E-state index contributed by atoms with van der Waals surface area (Å²) < 4.78 is 30.3. The van der Waals surface area contributed by atoms with E-state index >= 15 is 0 Å². The first kappa shape index (κ1) is 20.3. The summed E-state index contributed by atoms with van der Waals surface area (Å²) in [7, 11) is 2.02. The van der Waals surface area contributed by atoms with Gasteiger partial charge in [-0.1, -0.05) is 6.07 Å². The second-order valence-electron chi connectivity index (χ2n) is 6.31. The van der Waals surface area contributed by atoms with Crippen molar-refractivity contribution in [2.75, 3.05) is 52.9 Å². The Morgan fingerprint density at radius 2 is 1.36 bits per heavy atom. The van der Waals surface area contributed by atoms with Gasteiger partial charge in [0.1, 0.15) is 20.3 Å². The molecule has 6 heteroatoms. The Morgan fingerprint density at radius 3 is 2.04 bits per heavy atom. The average molecular weight is 386 g/mol. The van der Waals surface area contributed by atoms with E-state index in [9.17, 15) is 0 Å². The SMILES string of the molecule is C[n+]1ccccc1/C=C\c1ccc2c(c1)OCCOCCOCCOCCO2. The van der Waals surface area contributed by atoms with Gasteiger partial charge in [0.05, 0.1) is 39.6 Å². The van der Waals surface area contributed by atoms with Crippen molar-refractivity contribution in [3.63, 3.8) is 0 Å². The lowest BCUT2D eigenvalue weighted by molar-refractivity contribution is -0.673. The standard InChI is InChI=1S/C22H28NO5/c1-23-9-3-2-4-20(23)7-5-19-6-8-21-22(18-19)28-17-15-26-13-11-24-10-12-25-14-16-27-21/h2-9,18H,10-17H2,1H3/q+1/b7-5-. The zero-order valence-corrected chi connectivity index (χ0v) is 16.3. The number of nitrogens with zero attached hydrogens (tertiary/aromatic N) is 1. The maximum Gasteiger partial charge on any atom is 0.204 e. The van der Waals surface area contributed by atoms with Crippen LogP contribution >= 0.6 is 0 Å². The van der Waals surface area contributed by atoms with Crippen LogP contribution in [0.15, 0.2) is 42.6 Å². The molecule has 0 saturated heterocycles. The summed E-state index contributed by atoms with van der Waals surface area (Å²) in [4.78, 5) is 0. The van der Waals surface area contributed by atoms with Crippen LogP contribution in [0.5, 0.6) is 11.5 Å². The Kier molecular flexibility index (Phi) is 8.30. The minimum atomic E-state index is 0.452. The van der Waals surface area contributed by atoms with Crippen molar-refractivity contribution >= 4 is 12.2 Å². The van der Waals surface area contributed by atoms with E-state index in [0.717, 1.165) is 11.3 Å². The Bertz CT molecular complexity index is 762. The molecule has 0 fully saturated rings. The molecule has 0 amide bonds. The highest BCUT2D eigenvalue weighted by Crippen LogP contribution is 2.29. The number of benzene rings is 1. The van der Waals surface area contributed by atoms with Gasteiger partial charge in [-0.2, -0.15) is 0 Å². The van der Waals surface area contributed by atoms with Gasteiger partial charge in [0.15, 0.2) is 17.7 Å². The number of hydrogen-bond acceptors (Lipinski definition) is 5. The number of fused-ring (bicyclic) bond motifs is 1. The van der Waals surface area contributed by atoms with Crippen molar-refractivity contribution in [3.8, 4) is 11.5 Å². The summed E-state index contributed by atoms with van der Waals surface area (Å²) in [6.45, 7) is 4.13. The van der Waals surface area contributed by atoms with Crippen LogP contribution in [-0.4, -0.2) is 52.9 Å². The highest BCUT2D eigenvalue weighted by atomic mass is 16.6. The Hall–Kier alpha value is -2.41. The Balaban J connectivity index is 1.70.